The topological polar surface area (TPSA) is 102 Å². The van der Waals surface area contributed by atoms with E-state index in [1.54, 1.807) is 31.2 Å². The van der Waals surface area contributed by atoms with Crippen LogP contribution in [0.15, 0.2) is 24.3 Å². The van der Waals surface area contributed by atoms with Crippen LogP contribution in [0.1, 0.15) is 12.5 Å². The predicted molar refractivity (Wildman–Crippen MR) is 73.2 cm³/mol. The second-order valence-corrected chi connectivity index (χ2v) is 3.97. The number of carboxylic acid groups (broad SMARTS) is 1. The minimum atomic E-state index is -1.29. The summed E-state index contributed by atoms with van der Waals surface area (Å²) in [6, 6.07) is 5.99. The van der Waals surface area contributed by atoms with Gasteiger partial charge in [-0.15, -0.1) is 5.92 Å². The van der Waals surface area contributed by atoms with E-state index in [9.17, 15) is 9.59 Å². The van der Waals surface area contributed by atoms with Crippen molar-refractivity contribution in [2.75, 3.05) is 6.61 Å². The summed E-state index contributed by atoms with van der Waals surface area (Å²) in [5.74, 6) is 5.42. The molecule has 1 atom stereocenters. The van der Waals surface area contributed by atoms with E-state index in [0.717, 1.165) is 5.56 Å². The van der Waals surface area contributed by atoms with Crippen LogP contribution in [0.5, 0.6) is 5.75 Å². The number of amides is 2. The van der Waals surface area contributed by atoms with Crippen molar-refractivity contribution in [2.45, 2.75) is 19.4 Å². The number of nitrogens with two attached hydrogens (primary N) is 1. The summed E-state index contributed by atoms with van der Waals surface area (Å²) in [4.78, 5) is 21.7. The van der Waals surface area contributed by atoms with E-state index in [1.807, 2.05) is 0 Å². The second kappa shape index (κ2) is 7.69. The van der Waals surface area contributed by atoms with Crippen LogP contribution in [-0.2, 0) is 11.2 Å². The van der Waals surface area contributed by atoms with Crippen LogP contribution < -0.4 is 15.8 Å². The maximum absolute atomic E-state index is 11.1. The first-order valence-electron chi connectivity index (χ1n) is 5.93. The van der Waals surface area contributed by atoms with E-state index in [2.05, 4.69) is 17.2 Å². The standard InChI is InChI=1S/C14H16N2O4/c1-2-3-8-20-11-6-4-10(5-7-11)9-12(13(15)17)16-14(18)19/h4-7,12,16H,8-9H2,1H3,(H2,15,17)(H,18,19)/t12-/m0/s1. The molecule has 6 heteroatoms. The molecule has 6 nitrogen and oxygen atoms in total. The molecule has 0 saturated heterocycles. The van der Waals surface area contributed by atoms with Crippen LogP contribution in [-0.4, -0.2) is 29.8 Å². The van der Waals surface area contributed by atoms with Gasteiger partial charge in [-0.25, -0.2) is 4.79 Å². The molecular weight excluding hydrogens is 260 g/mol. The van der Waals surface area contributed by atoms with Crippen molar-refractivity contribution in [3.8, 4) is 17.6 Å². The summed E-state index contributed by atoms with van der Waals surface area (Å²) in [5, 5.41) is 10.7. The number of primary amides is 1. The molecule has 0 aliphatic rings. The highest BCUT2D eigenvalue weighted by Crippen LogP contribution is 2.13. The quantitative estimate of drug-likeness (QED) is 0.667. The van der Waals surface area contributed by atoms with E-state index in [0.29, 0.717) is 12.4 Å². The minimum absolute atomic E-state index is 0.191. The molecule has 20 heavy (non-hydrogen) atoms. The van der Waals surface area contributed by atoms with Gasteiger partial charge < -0.3 is 20.9 Å². The molecule has 106 valence electrons. The van der Waals surface area contributed by atoms with Crippen LogP contribution in [0.25, 0.3) is 0 Å². The fourth-order valence-corrected chi connectivity index (χ4v) is 1.52. The monoisotopic (exact) mass is 276 g/mol. The molecule has 0 spiro atoms. The van der Waals surface area contributed by atoms with E-state index in [1.165, 1.54) is 0 Å². The van der Waals surface area contributed by atoms with E-state index < -0.39 is 18.0 Å². The maximum Gasteiger partial charge on any atom is 0.405 e. The van der Waals surface area contributed by atoms with Crippen LogP contribution in [0, 0.1) is 11.8 Å². The highest BCUT2D eigenvalue weighted by Gasteiger charge is 2.17. The van der Waals surface area contributed by atoms with Gasteiger partial charge in [0.2, 0.25) is 5.91 Å². The molecule has 0 aliphatic heterocycles. The zero-order valence-corrected chi connectivity index (χ0v) is 11.1. The molecule has 2 amide bonds. The van der Waals surface area contributed by atoms with Crippen molar-refractivity contribution >= 4 is 12.0 Å². The third-order valence-electron chi connectivity index (χ3n) is 2.49. The molecule has 1 aromatic carbocycles. The number of hydrogen-bond donors (Lipinski definition) is 3. The first-order valence-corrected chi connectivity index (χ1v) is 5.93. The van der Waals surface area contributed by atoms with Gasteiger partial charge in [0.15, 0.2) is 0 Å². The highest BCUT2D eigenvalue weighted by atomic mass is 16.5. The number of nitrogens with one attached hydrogen (secondary N) is 1. The number of ether oxygens (including phenoxy) is 1. The van der Waals surface area contributed by atoms with Gasteiger partial charge in [0.1, 0.15) is 18.4 Å². The Kier molecular flexibility index (Phi) is 5.91. The number of carbonyl (C=O) groups excluding carboxylic acids is 1. The summed E-state index contributed by atoms with van der Waals surface area (Å²) in [6.07, 6.45) is -1.09. The summed E-state index contributed by atoms with van der Waals surface area (Å²) in [7, 11) is 0. The van der Waals surface area contributed by atoms with Crippen molar-refractivity contribution < 1.29 is 19.4 Å². The smallest absolute Gasteiger partial charge is 0.405 e. The Hall–Kier alpha value is -2.68. The SMILES string of the molecule is CC#CCOc1ccc(C[C@H](NC(=O)O)C(N)=O)cc1. The normalized spacial score (nSPS) is 10.8. The molecule has 0 heterocycles. The molecule has 0 fully saturated rings. The fraction of sp³-hybridized carbons (Fsp3) is 0.286. The van der Waals surface area contributed by atoms with Crippen molar-refractivity contribution in [1.29, 1.82) is 0 Å². The molecular formula is C14H16N2O4. The lowest BCUT2D eigenvalue weighted by molar-refractivity contribution is -0.119. The number of carbonyl (C=O) groups is 2. The van der Waals surface area contributed by atoms with E-state index >= 15 is 0 Å². The van der Waals surface area contributed by atoms with Crippen molar-refractivity contribution in [3.63, 3.8) is 0 Å². The largest absolute Gasteiger partial charge is 0.481 e. The predicted octanol–water partition coefficient (Wildman–Crippen LogP) is 0.753. The summed E-state index contributed by atoms with van der Waals surface area (Å²) in [5.41, 5.74) is 5.91. The van der Waals surface area contributed by atoms with Gasteiger partial charge in [0.05, 0.1) is 0 Å². The third-order valence-corrected chi connectivity index (χ3v) is 2.49. The first kappa shape index (κ1) is 15.4. The number of benzene rings is 1. The van der Waals surface area contributed by atoms with Crippen molar-refractivity contribution in [1.82, 2.24) is 5.32 Å². The molecule has 0 aliphatic carbocycles. The Morgan fingerprint density at radius 2 is 2.05 bits per heavy atom. The Labute approximate surface area is 116 Å². The number of rotatable bonds is 6. The Bertz CT molecular complexity index is 528. The van der Waals surface area contributed by atoms with Crippen molar-refractivity contribution in [3.05, 3.63) is 29.8 Å². The molecule has 4 N–H and O–H groups in total. The molecule has 0 saturated carbocycles. The zero-order chi connectivity index (χ0) is 15.0. The first-order chi connectivity index (χ1) is 9.52. The lowest BCUT2D eigenvalue weighted by atomic mass is 10.1. The highest BCUT2D eigenvalue weighted by molar-refractivity contribution is 5.84. The van der Waals surface area contributed by atoms with Gasteiger partial charge >= 0.3 is 6.09 Å². The molecule has 0 aromatic heterocycles. The molecule has 1 rings (SSSR count). The number of hydrogen-bond acceptors (Lipinski definition) is 3. The average molecular weight is 276 g/mol. The van der Waals surface area contributed by atoms with Gasteiger partial charge in [0.25, 0.3) is 0 Å². The molecule has 0 radical (unpaired) electrons. The third kappa shape index (κ3) is 5.31. The van der Waals surface area contributed by atoms with Crippen LogP contribution in [0.2, 0.25) is 0 Å². The van der Waals surface area contributed by atoms with Gasteiger partial charge in [-0.3, -0.25) is 4.79 Å². The van der Waals surface area contributed by atoms with Gasteiger partial charge in [-0.05, 0) is 24.6 Å². The molecule has 1 aromatic rings. The van der Waals surface area contributed by atoms with Crippen LogP contribution in [0.4, 0.5) is 4.79 Å². The van der Waals surface area contributed by atoms with Gasteiger partial charge in [0, 0.05) is 6.42 Å². The lowest BCUT2D eigenvalue weighted by Crippen LogP contribution is -2.45. The Morgan fingerprint density at radius 1 is 1.40 bits per heavy atom. The summed E-state index contributed by atoms with van der Waals surface area (Å²) in [6.45, 7) is 2.03. The van der Waals surface area contributed by atoms with Gasteiger partial charge in [-0.1, -0.05) is 18.1 Å². The maximum atomic E-state index is 11.1. The minimum Gasteiger partial charge on any atom is -0.481 e. The summed E-state index contributed by atoms with van der Waals surface area (Å²) < 4.78 is 5.34. The van der Waals surface area contributed by atoms with Crippen LogP contribution >= 0.6 is 0 Å². The van der Waals surface area contributed by atoms with Crippen LogP contribution in [0.3, 0.4) is 0 Å². The summed E-state index contributed by atoms with van der Waals surface area (Å²) >= 11 is 0. The van der Waals surface area contributed by atoms with E-state index in [4.69, 9.17) is 15.6 Å². The molecule has 0 unspecified atom stereocenters. The zero-order valence-electron chi connectivity index (χ0n) is 11.1. The second-order valence-electron chi connectivity index (χ2n) is 3.97. The Morgan fingerprint density at radius 3 is 2.55 bits per heavy atom. The average Bonchev–Trinajstić information content (AvgIpc) is 2.39. The van der Waals surface area contributed by atoms with E-state index in [-0.39, 0.29) is 6.42 Å². The molecule has 0 bridgehead atoms. The fourth-order valence-electron chi connectivity index (χ4n) is 1.52. The van der Waals surface area contributed by atoms with Crippen molar-refractivity contribution in [2.24, 2.45) is 5.73 Å². The lowest BCUT2D eigenvalue weighted by Gasteiger charge is -2.13. The Balaban J connectivity index is 2.64. The van der Waals surface area contributed by atoms with Gasteiger partial charge in [-0.2, -0.15) is 0 Å².